The van der Waals surface area contributed by atoms with Crippen LogP contribution in [0.5, 0.6) is 11.5 Å². The molecule has 9 aromatic rings. The van der Waals surface area contributed by atoms with Gasteiger partial charge in [0.2, 0.25) is 0 Å². The minimum atomic E-state index is -0.309. The Morgan fingerprint density at radius 3 is 1.67 bits per heavy atom. The third-order valence-electron chi connectivity index (χ3n) is 12.0. The molecule has 2 aliphatic heterocycles. The quantitative estimate of drug-likeness (QED) is 0.169. The van der Waals surface area contributed by atoms with Crippen molar-refractivity contribution in [3.63, 3.8) is 0 Å². The summed E-state index contributed by atoms with van der Waals surface area (Å²) in [6.45, 7) is 4.72. The SMILES string of the molecule is CC1(C)c2cccc3c2N(c2cccc(N(c4ccc(-c5ccccc5)cc4)c4ccc(-c5ccccc5)cc4)c2O3)c2cccc(-c3cccc4ccccc34)c21. The Morgan fingerprint density at radius 2 is 0.983 bits per heavy atom. The molecule has 0 saturated heterocycles. The van der Waals surface area contributed by atoms with E-state index < -0.39 is 0 Å². The first kappa shape index (κ1) is 33.9. The molecular weight excluding hydrogens is 705 g/mol. The maximum atomic E-state index is 7.16. The zero-order valence-electron chi connectivity index (χ0n) is 32.4. The fraction of sp³-hybridized carbons (Fsp3) is 0.0545. The molecule has 58 heavy (non-hydrogen) atoms. The van der Waals surface area contributed by atoms with Gasteiger partial charge in [0.05, 0.1) is 22.7 Å². The molecule has 0 spiro atoms. The summed E-state index contributed by atoms with van der Waals surface area (Å²) in [4.78, 5) is 4.79. The van der Waals surface area contributed by atoms with Crippen molar-refractivity contribution in [2.24, 2.45) is 0 Å². The van der Waals surface area contributed by atoms with Gasteiger partial charge in [-0.3, -0.25) is 0 Å². The predicted molar refractivity (Wildman–Crippen MR) is 242 cm³/mol. The molecule has 3 heteroatoms. The third kappa shape index (κ3) is 5.35. The van der Waals surface area contributed by atoms with Crippen LogP contribution in [-0.2, 0) is 5.41 Å². The molecule has 2 aliphatic rings. The summed E-state index contributed by atoms with van der Waals surface area (Å²) in [6.07, 6.45) is 0. The van der Waals surface area contributed by atoms with Crippen LogP contribution in [-0.4, -0.2) is 0 Å². The van der Waals surface area contributed by atoms with Crippen molar-refractivity contribution in [1.82, 2.24) is 0 Å². The lowest BCUT2D eigenvalue weighted by molar-refractivity contribution is 0.472. The number of hydrogen-bond donors (Lipinski definition) is 0. The highest BCUT2D eigenvalue weighted by molar-refractivity contribution is 6.03. The van der Waals surface area contributed by atoms with Crippen LogP contribution in [0.4, 0.5) is 34.1 Å². The molecular formula is C55H40N2O. The molecule has 3 nitrogen and oxygen atoms in total. The molecule has 0 unspecified atom stereocenters. The molecule has 276 valence electrons. The molecule has 0 saturated carbocycles. The Bertz CT molecular complexity index is 2900. The van der Waals surface area contributed by atoms with Gasteiger partial charge < -0.3 is 14.5 Å². The maximum absolute atomic E-state index is 7.16. The number of hydrogen-bond acceptors (Lipinski definition) is 3. The van der Waals surface area contributed by atoms with Gasteiger partial charge in [-0.1, -0.05) is 172 Å². The van der Waals surface area contributed by atoms with Crippen LogP contribution in [0.2, 0.25) is 0 Å². The highest BCUT2D eigenvalue weighted by Gasteiger charge is 2.43. The molecule has 0 aliphatic carbocycles. The first-order chi connectivity index (χ1) is 28.5. The van der Waals surface area contributed by atoms with E-state index in [0.717, 1.165) is 39.9 Å². The van der Waals surface area contributed by atoms with Crippen LogP contribution in [0.15, 0.2) is 206 Å². The minimum Gasteiger partial charge on any atom is -0.451 e. The largest absolute Gasteiger partial charge is 0.451 e. The second kappa shape index (κ2) is 13.4. The monoisotopic (exact) mass is 744 g/mol. The zero-order chi connectivity index (χ0) is 38.8. The average Bonchev–Trinajstić information content (AvgIpc) is 3.28. The van der Waals surface area contributed by atoms with Crippen molar-refractivity contribution in [1.29, 1.82) is 0 Å². The zero-order valence-corrected chi connectivity index (χ0v) is 32.4. The van der Waals surface area contributed by atoms with Crippen LogP contribution in [0.1, 0.15) is 25.0 Å². The number of benzene rings is 9. The Kier molecular flexibility index (Phi) is 7.84. The number of nitrogens with zero attached hydrogens (tertiary/aromatic N) is 2. The van der Waals surface area contributed by atoms with E-state index in [1.54, 1.807) is 0 Å². The van der Waals surface area contributed by atoms with Crippen molar-refractivity contribution >= 4 is 44.9 Å². The average molecular weight is 745 g/mol. The first-order valence-electron chi connectivity index (χ1n) is 20.0. The highest BCUT2D eigenvalue weighted by Crippen LogP contribution is 2.63. The molecule has 0 atom stereocenters. The molecule has 11 rings (SSSR count). The van der Waals surface area contributed by atoms with E-state index in [-0.39, 0.29) is 5.41 Å². The van der Waals surface area contributed by atoms with E-state index in [9.17, 15) is 0 Å². The van der Waals surface area contributed by atoms with Crippen LogP contribution in [0.3, 0.4) is 0 Å². The van der Waals surface area contributed by atoms with Crippen molar-refractivity contribution in [3.05, 3.63) is 217 Å². The molecule has 0 fully saturated rings. The van der Waals surface area contributed by atoms with E-state index >= 15 is 0 Å². The van der Waals surface area contributed by atoms with Gasteiger partial charge in [0.25, 0.3) is 0 Å². The standard InChI is InChI=1S/C55H40N2O/c1-55(2)47-24-13-28-51-53(47)57(48-25-12-23-46(52(48)55)45-22-11-20-41-19-9-10-21-44(41)45)50-27-14-26-49(54(50)58-51)56(42-33-29-39(30-34-42)37-15-5-3-6-16-37)43-35-31-40(32-36-43)38-17-7-4-8-18-38/h3-36H,1-2H3. The van der Waals surface area contributed by atoms with Gasteiger partial charge in [0.1, 0.15) is 0 Å². The van der Waals surface area contributed by atoms with E-state index in [1.807, 2.05) is 0 Å². The second-order valence-corrected chi connectivity index (χ2v) is 15.7. The lowest BCUT2D eigenvalue weighted by Crippen LogP contribution is -2.33. The fourth-order valence-corrected chi connectivity index (χ4v) is 9.29. The van der Waals surface area contributed by atoms with Crippen molar-refractivity contribution in [3.8, 4) is 44.9 Å². The first-order valence-corrected chi connectivity index (χ1v) is 20.0. The van der Waals surface area contributed by atoms with Crippen molar-refractivity contribution in [2.75, 3.05) is 9.80 Å². The number of fused-ring (bicyclic) bond motifs is 5. The summed E-state index contributed by atoms with van der Waals surface area (Å²) in [5, 5.41) is 2.49. The van der Waals surface area contributed by atoms with E-state index in [1.165, 1.54) is 61.0 Å². The number of rotatable bonds is 6. The van der Waals surface area contributed by atoms with Gasteiger partial charge in [0, 0.05) is 16.8 Å². The molecule has 0 N–H and O–H groups in total. The maximum Gasteiger partial charge on any atom is 0.175 e. The molecule has 2 heterocycles. The summed E-state index contributed by atoms with van der Waals surface area (Å²) in [5.74, 6) is 1.66. The summed E-state index contributed by atoms with van der Waals surface area (Å²) in [7, 11) is 0. The fourth-order valence-electron chi connectivity index (χ4n) is 9.29. The lowest BCUT2D eigenvalue weighted by atomic mass is 9.70. The van der Waals surface area contributed by atoms with Gasteiger partial charge in [-0.25, -0.2) is 0 Å². The Balaban J connectivity index is 1.11. The van der Waals surface area contributed by atoms with E-state index in [0.29, 0.717) is 0 Å². The second-order valence-electron chi connectivity index (χ2n) is 15.7. The van der Waals surface area contributed by atoms with Crippen molar-refractivity contribution < 1.29 is 4.74 Å². The lowest BCUT2D eigenvalue weighted by Gasteiger charge is -2.46. The molecule has 0 radical (unpaired) electrons. The van der Waals surface area contributed by atoms with E-state index in [4.69, 9.17) is 4.74 Å². The topological polar surface area (TPSA) is 15.7 Å². The molecule has 9 aromatic carbocycles. The Labute approximate surface area is 339 Å². The number of para-hydroxylation sites is 2. The van der Waals surface area contributed by atoms with Crippen LogP contribution in [0.25, 0.3) is 44.2 Å². The minimum absolute atomic E-state index is 0.309. The normalized spacial score (nSPS) is 13.2. The summed E-state index contributed by atoms with van der Waals surface area (Å²) in [5.41, 5.74) is 15.8. The Morgan fingerprint density at radius 1 is 0.448 bits per heavy atom. The molecule has 0 aromatic heterocycles. The van der Waals surface area contributed by atoms with Crippen LogP contribution < -0.4 is 14.5 Å². The number of ether oxygens (including phenoxy) is 1. The van der Waals surface area contributed by atoms with Gasteiger partial charge >= 0.3 is 0 Å². The van der Waals surface area contributed by atoms with Crippen LogP contribution in [0, 0.1) is 0 Å². The van der Waals surface area contributed by atoms with Crippen LogP contribution >= 0.6 is 0 Å². The number of anilines is 6. The molecule has 0 amide bonds. The van der Waals surface area contributed by atoms with Gasteiger partial charge in [-0.05, 0) is 104 Å². The third-order valence-corrected chi connectivity index (χ3v) is 12.0. The van der Waals surface area contributed by atoms with Gasteiger partial charge in [-0.15, -0.1) is 0 Å². The summed E-state index contributed by atoms with van der Waals surface area (Å²) in [6, 6.07) is 74.1. The van der Waals surface area contributed by atoms with E-state index in [2.05, 4.69) is 230 Å². The smallest absolute Gasteiger partial charge is 0.175 e. The Hall–Kier alpha value is -7.36. The van der Waals surface area contributed by atoms with Gasteiger partial charge in [0.15, 0.2) is 11.5 Å². The highest BCUT2D eigenvalue weighted by atomic mass is 16.5. The summed E-state index contributed by atoms with van der Waals surface area (Å²) < 4.78 is 7.16. The van der Waals surface area contributed by atoms with Crippen molar-refractivity contribution in [2.45, 2.75) is 19.3 Å². The predicted octanol–water partition coefficient (Wildman–Crippen LogP) is 15.5. The molecule has 0 bridgehead atoms. The summed E-state index contributed by atoms with van der Waals surface area (Å²) >= 11 is 0. The van der Waals surface area contributed by atoms with Gasteiger partial charge in [-0.2, -0.15) is 0 Å².